The maximum absolute atomic E-state index is 11.6. The number of hydrogen-bond acceptors (Lipinski definition) is 1. The fourth-order valence-electron chi connectivity index (χ4n) is 2.34. The van der Waals surface area contributed by atoms with Crippen LogP contribution in [-0.2, 0) is 4.79 Å². The van der Waals surface area contributed by atoms with Crippen LogP contribution in [-0.4, -0.2) is 24.9 Å². The summed E-state index contributed by atoms with van der Waals surface area (Å²) in [4.78, 5) is 13.3. The molecule has 0 heterocycles. The van der Waals surface area contributed by atoms with Crippen molar-refractivity contribution in [1.29, 1.82) is 0 Å². The van der Waals surface area contributed by atoms with Crippen molar-refractivity contribution in [3.8, 4) is 0 Å². The van der Waals surface area contributed by atoms with Crippen LogP contribution < -0.4 is 0 Å². The molecule has 12 heavy (non-hydrogen) atoms. The van der Waals surface area contributed by atoms with Crippen LogP contribution in [0.1, 0.15) is 19.3 Å². The summed E-state index contributed by atoms with van der Waals surface area (Å²) in [6.45, 7) is 0. The van der Waals surface area contributed by atoms with Gasteiger partial charge in [0.2, 0.25) is 5.91 Å². The summed E-state index contributed by atoms with van der Waals surface area (Å²) in [5.74, 6) is 1.53. The molecule has 0 radical (unpaired) electrons. The molecule has 2 aliphatic carbocycles. The first-order chi connectivity index (χ1) is 5.68. The number of fused-ring (bicyclic) bond motifs is 2. The second kappa shape index (κ2) is 2.61. The predicted octanol–water partition coefficient (Wildman–Crippen LogP) is 1.43. The van der Waals surface area contributed by atoms with E-state index < -0.39 is 0 Å². The van der Waals surface area contributed by atoms with Gasteiger partial charge in [0.15, 0.2) is 0 Å². The van der Waals surface area contributed by atoms with Crippen molar-refractivity contribution in [3.05, 3.63) is 11.6 Å². The van der Waals surface area contributed by atoms with Crippen LogP contribution in [0.15, 0.2) is 11.6 Å². The summed E-state index contributed by atoms with van der Waals surface area (Å²) in [6.07, 6.45) is 5.95. The van der Waals surface area contributed by atoms with Gasteiger partial charge in [0, 0.05) is 19.7 Å². The minimum Gasteiger partial charge on any atom is -0.345 e. The lowest BCUT2D eigenvalue weighted by Gasteiger charge is -2.16. The second-order valence-corrected chi connectivity index (χ2v) is 4.09. The third-order valence-electron chi connectivity index (χ3n) is 2.98. The molecule has 0 spiro atoms. The standard InChI is InChI=1S/C10H15NO/c1-11(2)10(12)9-6-7-3-4-8(9)5-7/h6-8H,3-5H2,1-2H3/t7-,8+/m0/s1. The Morgan fingerprint density at radius 2 is 2.25 bits per heavy atom. The van der Waals surface area contributed by atoms with Crippen LogP contribution in [0.3, 0.4) is 0 Å². The van der Waals surface area contributed by atoms with Crippen molar-refractivity contribution in [2.45, 2.75) is 19.3 Å². The van der Waals surface area contributed by atoms with Gasteiger partial charge in [-0.2, -0.15) is 0 Å². The Kier molecular flexibility index (Phi) is 1.71. The van der Waals surface area contributed by atoms with Gasteiger partial charge >= 0.3 is 0 Å². The normalized spacial score (nSPS) is 32.0. The van der Waals surface area contributed by atoms with Crippen LogP contribution in [0.4, 0.5) is 0 Å². The fraction of sp³-hybridized carbons (Fsp3) is 0.700. The molecule has 2 nitrogen and oxygen atoms in total. The summed E-state index contributed by atoms with van der Waals surface area (Å²) in [5.41, 5.74) is 1.08. The number of carbonyl (C=O) groups excluding carboxylic acids is 1. The average molecular weight is 165 g/mol. The lowest BCUT2D eigenvalue weighted by molar-refractivity contribution is -0.125. The minimum absolute atomic E-state index is 0.224. The van der Waals surface area contributed by atoms with Gasteiger partial charge in [-0.3, -0.25) is 4.79 Å². The van der Waals surface area contributed by atoms with Crippen molar-refractivity contribution in [2.24, 2.45) is 11.8 Å². The monoisotopic (exact) mass is 165 g/mol. The summed E-state index contributed by atoms with van der Waals surface area (Å²) in [5, 5.41) is 0. The molecule has 0 aliphatic heterocycles. The summed E-state index contributed by atoms with van der Waals surface area (Å²) in [7, 11) is 3.66. The molecule has 66 valence electrons. The summed E-state index contributed by atoms with van der Waals surface area (Å²) < 4.78 is 0. The zero-order valence-corrected chi connectivity index (χ0v) is 7.71. The predicted molar refractivity (Wildman–Crippen MR) is 47.6 cm³/mol. The van der Waals surface area contributed by atoms with Crippen molar-refractivity contribution < 1.29 is 4.79 Å². The van der Waals surface area contributed by atoms with Crippen LogP contribution in [0.25, 0.3) is 0 Å². The molecule has 0 saturated heterocycles. The molecule has 0 aromatic carbocycles. The molecule has 2 bridgehead atoms. The smallest absolute Gasteiger partial charge is 0.249 e. The molecule has 1 amide bonds. The van der Waals surface area contributed by atoms with E-state index in [9.17, 15) is 4.79 Å². The number of rotatable bonds is 1. The van der Waals surface area contributed by atoms with Crippen LogP contribution in [0.5, 0.6) is 0 Å². The number of nitrogens with zero attached hydrogens (tertiary/aromatic N) is 1. The maximum Gasteiger partial charge on any atom is 0.249 e. The SMILES string of the molecule is CN(C)C(=O)C1=C[C@H]2CC[C@@H]1C2. The Morgan fingerprint density at radius 1 is 1.50 bits per heavy atom. The Morgan fingerprint density at radius 3 is 2.67 bits per heavy atom. The molecule has 0 N–H and O–H groups in total. The number of allylic oxidation sites excluding steroid dienone is 1. The zero-order chi connectivity index (χ0) is 8.72. The van der Waals surface area contributed by atoms with Crippen LogP contribution >= 0.6 is 0 Å². The van der Waals surface area contributed by atoms with E-state index in [1.165, 1.54) is 19.3 Å². The zero-order valence-electron chi connectivity index (χ0n) is 7.71. The first-order valence-corrected chi connectivity index (χ1v) is 4.62. The van der Waals surface area contributed by atoms with Gasteiger partial charge in [-0.25, -0.2) is 0 Å². The molecule has 1 saturated carbocycles. The molecule has 0 aromatic heterocycles. The van der Waals surface area contributed by atoms with Gasteiger partial charge in [0.05, 0.1) is 0 Å². The quantitative estimate of drug-likeness (QED) is 0.575. The molecule has 0 aromatic rings. The van der Waals surface area contributed by atoms with Crippen LogP contribution in [0, 0.1) is 11.8 Å². The summed E-state index contributed by atoms with van der Waals surface area (Å²) >= 11 is 0. The van der Waals surface area contributed by atoms with E-state index in [2.05, 4.69) is 6.08 Å². The molecule has 2 atom stereocenters. The van der Waals surface area contributed by atoms with E-state index in [0.717, 1.165) is 5.57 Å². The third-order valence-corrected chi connectivity index (χ3v) is 2.98. The third kappa shape index (κ3) is 1.06. The Bertz CT molecular complexity index is 242. The molecule has 1 fully saturated rings. The highest BCUT2D eigenvalue weighted by atomic mass is 16.2. The van der Waals surface area contributed by atoms with Gasteiger partial charge in [0.1, 0.15) is 0 Å². The minimum atomic E-state index is 0.224. The fourth-order valence-corrected chi connectivity index (χ4v) is 2.34. The highest BCUT2D eigenvalue weighted by molar-refractivity contribution is 5.94. The summed E-state index contributed by atoms with van der Waals surface area (Å²) in [6, 6.07) is 0. The van der Waals surface area contributed by atoms with E-state index >= 15 is 0 Å². The molecule has 2 heteroatoms. The molecular formula is C10H15NO. The Balaban J connectivity index is 2.16. The van der Waals surface area contributed by atoms with Gasteiger partial charge in [-0.1, -0.05) is 6.08 Å². The number of carbonyl (C=O) groups is 1. The first kappa shape index (κ1) is 7.84. The van der Waals surface area contributed by atoms with E-state index in [0.29, 0.717) is 11.8 Å². The van der Waals surface area contributed by atoms with Gasteiger partial charge in [0.25, 0.3) is 0 Å². The van der Waals surface area contributed by atoms with Crippen molar-refractivity contribution >= 4 is 5.91 Å². The van der Waals surface area contributed by atoms with Crippen molar-refractivity contribution in [1.82, 2.24) is 4.90 Å². The van der Waals surface area contributed by atoms with Crippen LogP contribution in [0.2, 0.25) is 0 Å². The topological polar surface area (TPSA) is 20.3 Å². The molecule has 2 rings (SSSR count). The number of amides is 1. The first-order valence-electron chi connectivity index (χ1n) is 4.62. The largest absolute Gasteiger partial charge is 0.345 e. The maximum atomic E-state index is 11.6. The Hall–Kier alpha value is -0.790. The lowest BCUT2D eigenvalue weighted by Crippen LogP contribution is -2.25. The Labute approximate surface area is 73.2 Å². The number of likely N-dealkylation sites (N-methyl/N-ethyl adjacent to an activating group) is 1. The van der Waals surface area contributed by atoms with E-state index in [1.807, 2.05) is 14.1 Å². The molecular weight excluding hydrogens is 150 g/mol. The highest BCUT2D eigenvalue weighted by Gasteiger charge is 2.36. The number of hydrogen-bond donors (Lipinski definition) is 0. The van der Waals surface area contributed by atoms with E-state index in [-0.39, 0.29) is 5.91 Å². The van der Waals surface area contributed by atoms with Crippen molar-refractivity contribution in [3.63, 3.8) is 0 Å². The van der Waals surface area contributed by atoms with E-state index in [4.69, 9.17) is 0 Å². The molecule has 0 unspecified atom stereocenters. The van der Waals surface area contributed by atoms with Gasteiger partial charge < -0.3 is 4.90 Å². The second-order valence-electron chi connectivity index (χ2n) is 4.09. The van der Waals surface area contributed by atoms with Crippen molar-refractivity contribution in [2.75, 3.05) is 14.1 Å². The van der Waals surface area contributed by atoms with Gasteiger partial charge in [-0.15, -0.1) is 0 Å². The highest BCUT2D eigenvalue weighted by Crippen LogP contribution is 2.43. The van der Waals surface area contributed by atoms with Gasteiger partial charge in [-0.05, 0) is 31.1 Å². The van der Waals surface area contributed by atoms with E-state index in [1.54, 1.807) is 4.90 Å². The molecule has 2 aliphatic rings. The average Bonchev–Trinajstić information content (AvgIpc) is 2.62. The lowest BCUT2D eigenvalue weighted by atomic mass is 9.98.